The fraction of sp³-hybridized carbons (Fsp3) is 0.375. The number of anilines is 1. The molecule has 6 heteroatoms. The number of benzene rings is 1. The van der Waals surface area contributed by atoms with Gasteiger partial charge in [-0.05, 0) is 40.9 Å². The molecule has 0 radical (unpaired) electrons. The molecule has 1 heterocycles. The minimum Gasteiger partial charge on any atom is -0.488 e. The Hall–Kier alpha value is -1.82. The number of rotatable bonds is 6. The van der Waals surface area contributed by atoms with E-state index in [0.717, 1.165) is 17.7 Å². The number of aryl methyl sites for hydroxylation is 2. The van der Waals surface area contributed by atoms with E-state index >= 15 is 0 Å². The van der Waals surface area contributed by atoms with Crippen LogP contribution in [0.1, 0.15) is 18.9 Å². The average Bonchev–Trinajstić information content (AvgIpc) is 2.52. The van der Waals surface area contributed by atoms with Crippen molar-refractivity contribution in [2.24, 2.45) is 7.05 Å². The predicted octanol–water partition coefficient (Wildman–Crippen LogP) is 3.12. The first kappa shape index (κ1) is 16.5. The number of nitrogens with zero attached hydrogens (tertiary/aromatic N) is 2. The molecule has 0 bridgehead atoms. The summed E-state index contributed by atoms with van der Waals surface area (Å²) in [5.74, 6) is 0.886. The first-order valence-corrected chi connectivity index (χ1v) is 8.00. The highest BCUT2D eigenvalue weighted by atomic mass is 79.9. The second-order valence-electron chi connectivity index (χ2n) is 5.10. The molecule has 1 unspecified atom stereocenters. The summed E-state index contributed by atoms with van der Waals surface area (Å²) in [6.07, 6.45) is 2.50. The van der Waals surface area contributed by atoms with Gasteiger partial charge in [-0.2, -0.15) is 5.10 Å². The van der Waals surface area contributed by atoms with Crippen LogP contribution in [0.25, 0.3) is 0 Å². The molecule has 0 aliphatic carbocycles. The largest absolute Gasteiger partial charge is 0.488 e. The molecule has 0 saturated carbocycles. The molecule has 0 amide bonds. The van der Waals surface area contributed by atoms with Crippen LogP contribution < -0.4 is 15.6 Å². The molecule has 1 atom stereocenters. The lowest BCUT2D eigenvalue weighted by atomic mass is 10.2. The molecule has 5 nitrogen and oxygen atoms in total. The molecule has 1 N–H and O–H groups in total. The zero-order valence-corrected chi connectivity index (χ0v) is 14.6. The van der Waals surface area contributed by atoms with Crippen LogP contribution in [0.4, 0.5) is 5.69 Å². The predicted molar refractivity (Wildman–Crippen MR) is 91.6 cm³/mol. The number of para-hydroxylation sites is 1. The number of nitrogens with one attached hydrogen (secondary N) is 1. The van der Waals surface area contributed by atoms with Crippen LogP contribution in [0.15, 0.2) is 39.7 Å². The summed E-state index contributed by atoms with van der Waals surface area (Å²) in [6, 6.07) is 7.94. The van der Waals surface area contributed by atoms with Gasteiger partial charge in [0.05, 0.1) is 18.4 Å². The number of hydrogen-bond donors (Lipinski definition) is 1. The molecule has 1 aromatic heterocycles. The third-order valence-electron chi connectivity index (χ3n) is 3.44. The highest BCUT2D eigenvalue weighted by Gasteiger charge is 2.12. The quantitative estimate of drug-likeness (QED) is 0.854. The van der Waals surface area contributed by atoms with Gasteiger partial charge in [0.1, 0.15) is 16.3 Å². The monoisotopic (exact) mass is 365 g/mol. The van der Waals surface area contributed by atoms with Crippen molar-refractivity contribution in [1.82, 2.24) is 9.78 Å². The maximum Gasteiger partial charge on any atom is 0.282 e. The van der Waals surface area contributed by atoms with Crippen molar-refractivity contribution in [3.63, 3.8) is 0 Å². The van der Waals surface area contributed by atoms with Crippen molar-refractivity contribution in [2.75, 3.05) is 11.9 Å². The van der Waals surface area contributed by atoms with E-state index in [9.17, 15) is 4.79 Å². The van der Waals surface area contributed by atoms with Gasteiger partial charge in [0.2, 0.25) is 0 Å². The molecular weight excluding hydrogens is 346 g/mol. The van der Waals surface area contributed by atoms with E-state index < -0.39 is 0 Å². The van der Waals surface area contributed by atoms with Gasteiger partial charge in [0, 0.05) is 7.05 Å². The van der Waals surface area contributed by atoms with Gasteiger partial charge in [0.25, 0.3) is 5.56 Å². The highest BCUT2D eigenvalue weighted by molar-refractivity contribution is 9.10. The maximum absolute atomic E-state index is 11.8. The summed E-state index contributed by atoms with van der Waals surface area (Å²) in [6.45, 7) is 4.69. The van der Waals surface area contributed by atoms with Crippen molar-refractivity contribution in [2.45, 2.75) is 26.4 Å². The van der Waals surface area contributed by atoms with Crippen molar-refractivity contribution >= 4 is 21.6 Å². The van der Waals surface area contributed by atoms with Crippen LogP contribution in [0, 0.1) is 6.92 Å². The molecule has 0 aliphatic heterocycles. The first-order valence-electron chi connectivity index (χ1n) is 7.21. The molecule has 0 spiro atoms. The maximum atomic E-state index is 11.8. The number of halogens is 1. The number of ether oxygens (including phenoxy) is 1. The molecule has 2 rings (SSSR count). The van der Waals surface area contributed by atoms with Crippen LogP contribution in [-0.4, -0.2) is 22.4 Å². The van der Waals surface area contributed by atoms with Crippen LogP contribution in [0.5, 0.6) is 5.75 Å². The van der Waals surface area contributed by atoms with Gasteiger partial charge in [-0.25, -0.2) is 4.68 Å². The minimum absolute atomic E-state index is 0.0112. The molecular formula is C16H20BrN3O2. The molecule has 0 aliphatic rings. The highest BCUT2D eigenvalue weighted by Crippen LogP contribution is 2.20. The summed E-state index contributed by atoms with van der Waals surface area (Å²) in [4.78, 5) is 11.8. The Morgan fingerprint density at radius 3 is 2.82 bits per heavy atom. The van der Waals surface area contributed by atoms with Crippen molar-refractivity contribution in [3.8, 4) is 5.75 Å². The zero-order chi connectivity index (χ0) is 16.1. The van der Waals surface area contributed by atoms with Crippen molar-refractivity contribution in [1.29, 1.82) is 0 Å². The van der Waals surface area contributed by atoms with Gasteiger partial charge < -0.3 is 10.1 Å². The van der Waals surface area contributed by atoms with E-state index in [1.807, 2.05) is 31.2 Å². The zero-order valence-electron chi connectivity index (χ0n) is 13.0. The van der Waals surface area contributed by atoms with E-state index in [-0.39, 0.29) is 11.7 Å². The summed E-state index contributed by atoms with van der Waals surface area (Å²) in [5, 5.41) is 7.24. The normalized spacial score (nSPS) is 12.0. The molecule has 0 fully saturated rings. The third kappa shape index (κ3) is 3.88. The standard InChI is InChI=1S/C16H20BrN3O2/c1-4-12(22-14-8-6-5-7-11(14)2)9-18-13-10-19-20(3)16(21)15(13)17/h5-8,10,12,18H,4,9H2,1-3H3. The molecule has 22 heavy (non-hydrogen) atoms. The van der Waals surface area contributed by atoms with Crippen molar-refractivity contribution < 1.29 is 4.74 Å². The number of aromatic nitrogens is 2. The Balaban J connectivity index is 2.04. The topological polar surface area (TPSA) is 56.2 Å². The van der Waals surface area contributed by atoms with Crippen LogP contribution in [0.2, 0.25) is 0 Å². The molecule has 2 aromatic rings. The second kappa shape index (κ2) is 7.45. The number of hydrogen-bond acceptors (Lipinski definition) is 4. The van der Waals surface area contributed by atoms with Gasteiger partial charge in [-0.3, -0.25) is 4.79 Å². The van der Waals surface area contributed by atoms with E-state index in [2.05, 4.69) is 33.3 Å². The van der Waals surface area contributed by atoms with Gasteiger partial charge in [-0.15, -0.1) is 0 Å². The average molecular weight is 366 g/mol. The van der Waals surface area contributed by atoms with E-state index in [1.54, 1.807) is 13.2 Å². The Labute approximate surface area is 138 Å². The van der Waals surface area contributed by atoms with Crippen LogP contribution in [-0.2, 0) is 7.05 Å². The molecule has 118 valence electrons. The summed E-state index contributed by atoms with van der Waals surface area (Å²) in [7, 11) is 1.62. The van der Waals surface area contributed by atoms with Crippen LogP contribution >= 0.6 is 15.9 Å². The Bertz CT molecular complexity index is 700. The van der Waals surface area contributed by atoms with Crippen LogP contribution in [0.3, 0.4) is 0 Å². The Kier molecular flexibility index (Phi) is 5.60. The summed E-state index contributed by atoms with van der Waals surface area (Å²) >= 11 is 3.30. The SMILES string of the molecule is CCC(CNc1cnn(C)c(=O)c1Br)Oc1ccccc1C. The van der Waals surface area contributed by atoms with E-state index in [4.69, 9.17) is 4.74 Å². The summed E-state index contributed by atoms with van der Waals surface area (Å²) < 4.78 is 7.80. The van der Waals surface area contributed by atoms with Gasteiger partial charge >= 0.3 is 0 Å². The first-order chi connectivity index (χ1) is 10.5. The van der Waals surface area contributed by atoms with E-state index in [1.165, 1.54) is 4.68 Å². The lowest BCUT2D eigenvalue weighted by Crippen LogP contribution is -2.27. The lowest BCUT2D eigenvalue weighted by Gasteiger charge is -2.20. The summed E-state index contributed by atoms with van der Waals surface area (Å²) in [5.41, 5.74) is 1.62. The molecule has 1 aromatic carbocycles. The fourth-order valence-electron chi connectivity index (χ4n) is 2.00. The lowest BCUT2D eigenvalue weighted by molar-refractivity contribution is 0.208. The Morgan fingerprint density at radius 2 is 2.14 bits per heavy atom. The van der Waals surface area contributed by atoms with Crippen molar-refractivity contribution in [3.05, 3.63) is 50.9 Å². The fourth-order valence-corrected chi connectivity index (χ4v) is 2.49. The minimum atomic E-state index is -0.169. The van der Waals surface area contributed by atoms with Gasteiger partial charge in [0.15, 0.2) is 0 Å². The Morgan fingerprint density at radius 1 is 1.41 bits per heavy atom. The smallest absolute Gasteiger partial charge is 0.282 e. The second-order valence-corrected chi connectivity index (χ2v) is 5.89. The third-order valence-corrected chi connectivity index (χ3v) is 4.21. The van der Waals surface area contributed by atoms with Gasteiger partial charge in [-0.1, -0.05) is 25.1 Å². The van der Waals surface area contributed by atoms with E-state index in [0.29, 0.717) is 16.7 Å². The molecule has 0 saturated heterocycles.